The van der Waals surface area contributed by atoms with Crippen LogP contribution in [0, 0.1) is 0 Å². The van der Waals surface area contributed by atoms with Gasteiger partial charge in [0.1, 0.15) is 23.6 Å². The molecule has 0 spiro atoms. The third kappa shape index (κ3) is 8.99. The molecule has 0 aliphatic carbocycles. The number of nitrogens with zero attached hydrogens (tertiary/aromatic N) is 2. The van der Waals surface area contributed by atoms with Crippen LogP contribution in [0.25, 0.3) is 0 Å². The lowest BCUT2D eigenvalue weighted by molar-refractivity contribution is -0.157. The van der Waals surface area contributed by atoms with Gasteiger partial charge in [-0.3, -0.25) is 9.10 Å². The normalized spacial score (nSPS) is 11.6. The highest BCUT2D eigenvalue weighted by molar-refractivity contribution is 7.92. The topological polar surface area (TPSA) is 124 Å². The summed E-state index contributed by atoms with van der Waals surface area (Å²) in [5, 5.41) is 4.23. The largest absolute Gasteiger partial charge is 0.497 e. The molecule has 0 aromatic heterocycles. The van der Waals surface area contributed by atoms with Crippen molar-refractivity contribution in [3.63, 3.8) is 0 Å². The molecule has 3 rings (SSSR count). The van der Waals surface area contributed by atoms with Crippen LogP contribution in [0.2, 0.25) is 5.02 Å². The van der Waals surface area contributed by atoms with Crippen molar-refractivity contribution in [2.24, 2.45) is 5.10 Å². The van der Waals surface area contributed by atoms with Crippen molar-refractivity contribution in [2.45, 2.75) is 31.3 Å². The molecule has 0 heterocycles. The quantitative estimate of drug-likeness (QED) is 0.200. The van der Waals surface area contributed by atoms with Gasteiger partial charge < -0.3 is 14.2 Å². The number of carbonyl (C=O) groups excluding carboxylic acids is 2. The molecule has 0 aliphatic rings. The van der Waals surface area contributed by atoms with E-state index in [0.717, 1.165) is 4.31 Å². The molecule has 0 saturated heterocycles. The van der Waals surface area contributed by atoms with Crippen LogP contribution in [0.15, 0.2) is 82.8 Å². The maximum Gasteiger partial charge on any atom is 0.344 e. The number of carbonyl (C=O) groups is 2. The van der Waals surface area contributed by atoms with Gasteiger partial charge in [0.2, 0.25) is 0 Å². The molecule has 12 heteroatoms. The summed E-state index contributed by atoms with van der Waals surface area (Å²) in [7, 11) is -2.66. The minimum atomic E-state index is -4.14. The van der Waals surface area contributed by atoms with E-state index in [4.69, 9.17) is 25.8 Å². The molecule has 0 fully saturated rings. The summed E-state index contributed by atoms with van der Waals surface area (Å²) in [4.78, 5) is 24.5. The Hall–Kier alpha value is -4.09. The summed E-state index contributed by atoms with van der Waals surface area (Å²) in [6.07, 6.45) is 1.39. The van der Waals surface area contributed by atoms with E-state index >= 15 is 0 Å². The minimum absolute atomic E-state index is 0.0291. The maximum absolute atomic E-state index is 13.5. The first kappa shape index (κ1) is 30.5. The molecule has 10 nitrogen and oxygen atoms in total. The predicted octanol–water partition coefficient (Wildman–Crippen LogP) is 4.41. The lowest BCUT2D eigenvalue weighted by atomic mass is 10.2. The van der Waals surface area contributed by atoms with Crippen LogP contribution in [0.5, 0.6) is 11.5 Å². The number of anilines is 1. The van der Waals surface area contributed by atoms with Gasteiger partial charge in [-0.05, 0) is 93.1 Å². The highest BCUT2D eigenvalue weighted by Gasteiger charge is 2.27. The van der Waals surface area contributed by atoms with Crippen LogP contribution in [0.3, 0.4) is 0 Å². The Kier molecular flexibility index (Phi) is 10.1. The number of methoxy groups -OCH3 is 1. The lowest BCUT2D eigenvalue weighted by Gasteiger charge is -2.24. The third-order valence-corrected chi connectivity index (χ3v) is 7.11. The van der Waals surface area contributed by atoms with E-state index in [1.165, 1.54) is 49.7 Å². The monoisotopic (exact) mass is 587 g/mol. The van der Waals surface area contributed by atoms with E-state index in [2.05, 4.69) is 10.5 Å². The molecule has 1 N–H and O–H groups in total. The Balaban J connectivity index is 1.66. The molecular formula is C28H30ClN3O7S. The Labute approximate surface area is 238 Å². The predicted molar refractivity (Wildman–Crippen MR) is 152 cm³/mol. The molecule has 3 aromatic rings. The molecule has 1 amide bonds. The smallest absolute Gasteiger partial charge is 0.344 e. The fraction of sp³-hybridized carbons (Fsp3) is 0.250. The molecule has 40 heavy (non-hydrogen) atoms. The molecule has 0 atom stereocenters. The van der Waals surface area contributed by atoms with Gasteiger partial charge in [0, 0.05) is 5.02 Å². The van der Waals surface area contributed by atoms with Crippen molar-refractivity contribution in [1.29, 1.82) is 0 Å². The number of nitrogens with one attached hydrogen (secondary N) is 1. The number of hydrogen-bond donors (Lipinski definition) is 1. The highest BCUT2D eigenvalue weighted by atomic mass is 35.5. The number of benzene rings is 3. The first-order valence-electron chi connectivity index (χ1n) is 12.1. The van der Waals surface area contributed by atoms with Gasteiger partial charge in [0.05, 0.1) is 23.9 Å². The Morgan fingerprint density at radius 2 is 1.65 bits per heavy atom. The van der Waals surface area contributed by atoms with E-state index in [-0.39, 0.29) is 17.2 Å². The summed E-state index contributed by atoms with van der Waals surface area (Å²) in [5.41, 5.74) is 2.58. The Bertz CT molecular complexity index is 1450. The van der Waals surface area contributed by atoms with Gasteiger partial charge in [-0.1, -0.05) is 17.7 Å². The number of hydrogen-bond acceptors (Lipinski definition) is 8. The van der Waals surface area contributed by atoms with Gasteiger partial charge in [0.25, 0.3) is 15.9 Å². The molecule has 0 unspecified atom stereocenters. The van der Waals surface area contributed by atoms with Gasteiger partial charge >= 0.3 is 5.97 Å². The fourth-order valence-electron chi connectivity index (χ4n) is 3.33. The van der Waals surface area contributed by atoms with E-state index in [1.54, 1.807) is 57.2 Å². The van der Waals surface area contributed by atoms with Crippen LogP contribution in [0.4, 0.5) is 5.69 Å². The molecule has 0 aliphatic heterocycles. The Morgan fingerprint density at radius 1 is 1.00 bits per heavy atom. The number of ether oxygens (including phenoxy) is 3. The van der Waals surface area contributed by atoms with Crippen molar-refractivity contribution in [1.82, 2.24) is 5.43 Å². The SMILES string of the molecule is COc1ccc(S(=O)(=O)N(CC(=O)N/N=C\c2ccc(OCC(=O)OC(C)(C)C)cc2)c2cccc(Cl)c2)cc1. The zero-order chi connectivity index (χ0) is 29.3. The van der Waals surface area contributed by atoms with Crippen molar-refractivity contribution < 1.29 is 32.2 Å². The van der Waals surface area contributed by atoms with E-state index in [9.17, 15) is 18.0 Å². The highest BCUT2D eigenvalue weighted by Crippen LogP contribution is 2.27. The lowest BCUT2D eigenvalue weighted by Crippen LogP contribution is -2.39. The van der Waals surface area contributed by atoms with Gasteiger partial charge in [-0.15, -0.1) is 0 Å². The van der Waals surface area contributed by atoms with E-state index in [0.29, 0.717) is 22.1 Å². The van der Waals surface area contributed by atoms with Crippen molar-refractivity contribution >= 4 is 45.4 Å². The average Bonchev–Trinajstić information content (AvgIpc) is 2.90. The number of halogens is 1. The molecule has 0 bridgehead atoms. The molecular weight excluding hydrogens is 558 g/mol. The standard InChI is InChI=1S/C28H30ClN3O7S/c1-28(2,3)39-27(34)19-38-24-10-8-20(9-11-24)17-30-31-26(33)18-32(22-7-5-6-21(29)16-22)40(35,36)25-14-12-23(37-4)13-15-25/h5-17H,18-19H2,1-4H3,(H,31,33)/b30-17-. The molecule has 3 aromatic carbocycles. The zero-order valence-electron chi connectivity index (χ0n) is 22.5. The van der Waals surface area contributed by atoms with Crippen LogP contribution >= 0.6 is 11.6 Å². The molecule has 0 radical (unpaired) electrons. The number of hydrazone groups is 1. The maximum atomic E-state index is 13.5. The summed E-state index contributed by atoms with van der Waals surface area (Å²) in [6, 6.07) is 18.6. The molecule has 0 saturated carbocycles. The number of amides is 1. The molecule has 212 valence electrons. The van der Waals surface area contributed by atoms with Crippen LogP contribution in [0.1, 0.15) is 26.3 Å². The zero-order valence-corrected chi connectivity index (χ0v) is 24.0. The first-order chi connectivity index (χ1) is 18.9. The summed E-state index contributed by atoms with van der Waals surface area (Å²) < 4.78 is 43.6. The van der Waals surface area contributed by atoms with Crippen molar-refractivity contribution in [3.8, 4) is 11.5 Å². The average molecular weight is 588 g/mol. The number of sulfonamides is 1. The second-order valence-electron chi connectivity index (χ2n) is 9.40. The fourth-order valence-corrected chi connectivity index (χ4v) is 4.93. The van der Waals surface area contributed by atoms with Crippen molar-refractivity contribution in [2.75, 3.05) is 24.6 Å². The number of esters is 1. The number of rotatable bonds is 11. The summed E-state index contributed by atoms with van der Waals surface area (Å²) >= 11 is 6.09. The van der Waals surface area contributed by atoms with Crippen LogP contribution in [-0.2, 0) is 24.3 Å². The second-order valence-corrected chi connectivity index (χ2v) is 11.7. The van der Waals surface area contributed by atoms with Crippen LogP contribution < -0.4 is 19.2 Å². The summed E-state index contributed by atoms with van der Waals surface area (Å²) in [6.45, 7) is 4.53. The second kappa shape index (κ2) is 13.3. The van der Waals surface area contributed by atoms with E-state index in [1.807, 2.05) is 0 Å². The van der Waals surface area contributed by atoms with E-state index < -0.39 is 34.0 Å². The van der Waals surface area contributed by atoms with Gasteiger partial charge in [0.15, 0.2) is 6.61 Å². The summed E-state index contributed by atoms with van der Waals surface area (Å²) in [5.74, 6) is -0.219. The van der Waals surface area contributed by atoms with Crippen molar-refractivity contribution in [3.05, 3.63) is 83.4 Å². The third-order valence-electron chi connectivity index (χ3n) is 5.09. The van der Waals surface area contributed by atoms with Gasteiger partial charge in [-0.2, -0.15) is 5.10 Å². The van der Waals surface area contributed by atoms with Crippen LogP contribution in [-0.4, -0.2) is 52.4 Å². The van der Waals surface area contributed by atoms with Gasteiger partial charge in [-0.25, -0.2) is 18.6 Å². The minimum Gasteiger partial charge on any atom is -0.497 e. The first-order valence-corrected chi connectivity index (χ1v) is 13.9. The Morgan fingerprint density at radius 3 is 2.25 bits per heavy atom.